The van der Waals surface area contributed by atoms with Crippen LogP contribution in [0.15, 0.2) is 24.3 Å². The van der Waals surface area contributed by atoms with Gasteiger partial charge in [-0.2, -0.15) is 0 Å². The molecule has 4 rings (SSSR count). The molecule has 3 aliphatic rings. The Morgan fingerprint density at radius 3 is 2.78 bits per heavy atom. The summed E-state index contributed by atoms with van der Waals surface area (Å²) < 4.78 is 11.6. The van der Waals surface area contributed by atoms with E-state index in [0.717, 1.165) is 49.8 Å². The van der Waals surface area contributed by atoms with Crippen molar-refractivity contribution in [2.45, 2.75) is 37.8 Å². The topological polar surface area (TPSA) is 50.8 Å². The minimum absolute atomic E-state index is 0.0101. The number of hydrogen-bond donors (Lipinski definition) is 1. The molecular formula is C18H24N2O3. The monoisotopic (exact) mass is 316 g/mol. The Kier molecular flexibility index (Phi) is 4.12. The molecule has 2 fully saturated rings. The van der Waals surface area contributed by atoms with Crippen molar-refractivity contribution in [3.63, 3.8) is 0 Å². The Bertz CT molecular complexity index is 565. The summed E-state index contributed by atoms with van der Waals surface area (Å²) in [7, 11) is 0. The number of para-hydroxylation sites is 1. The normalized spacial score (nSPS) is 24.2. The van der Waals surface area contributed by atoms with E-state index in [1.54, 1.807) is 0 Å². The summed E-state index contributed by atoms with van der Waals surface area (Å²) in [5.41, 5.74) is 1.07. The van der Waals surface area contributed by atoms with Gasteiger partial charge in [-0.15, -0.1) is 0 Å². The fourth-order valence-electron chi connectivity index (χ4n) is 3.30. The van der Waals surface area contributed by atoms with Crippen LogP contribution in [0.1, 0.15) is 37.3 Å². The van der Waals surface area contributed by atoms with Gasteiger partial charge < -0.3 is 19.7 Å². The third-order valence-corrected chi connectivity index (χ3v) is 4.99. The first-order valence-corrected chi connectivity index (χ1v) is 8.68. The second-order valence-corrected chi connectivity index (χ2v) is 6.81. The molecule has 2 aliphatic heterocycles. The molecule has 23 heavy (non-hydrogen) atoms. The first kappa shape index (κ1) is 14.8. The molecule has 0 radical (unpaired) electrons. The van der Waals surface area contributed by atoms with Gasteiger partial charge in [0, 0.05) is 25.3 Å². The van der Waals surface area contributed by atoms with Gasteiger partial charge in [0.05, 0.1) is 12.1 Å². The minimum atomic E-state index is -0.0393. The Morgan fingerprint density at radius 2 is 2.00 bits per heavy atom. The summed E-state index contributed by atoms with van der Waals surface area (Å²) in [4.78, 5) is 14.4. The molecule has 5 nitrogen and oxygen atoms in total. The number of fused-ring (bicyclic) bond motifs is 1. The van der Waals surface area contributed by atoms with Gasteiger partial charge in [0.25, 0.3) is 0 Å². The van der Waals surface area contributed by atoms with Crippen molar-refractivity contribution in [1.82, 2.24) is 10.2 Å². The maximum Gasteiger partial charge on any atom is 0.318 e. The van der Waals surface area contributed by atoms with Crippen LogP contribution in [0.4, 0.5) is 4.79 Å². The Morgan fingerprint density at radius 1 is 1.22 bits per heavy atom. The van der Waals surface area contributed by atoms with Gasteiger partial charge in [-0.25, -0.2) is 4.79 Å². The number of rotatable bonds is 4. The number of nitrogens with zero attached hydrogens (tertiary/aromatic N) is 1. The molecule has 1 unspecified atom stereocenters. The smallest absolute Gasteiger partial charge is 0.318 e. The van der Waals surface area contributed by atoms with Crippen molar-refractivity contribution in [3.8, 4) is 5.75 Å². The van der Waals surface area contributed by atoms with Crippen LogP contribution in [0.5, 0.6) is 5.75 Å². The number of amides is 2. The van der Waals surface area contributed by atoms with E-state index in [1.165, 1.54) is 12.8 Å². The van der Waals surface area contributed by atoms with Crippen molar-refractivity contribution in [1.29, 1.82) is 0 Å². The SMILES string of the molecule is O=C(NC1COc2ccccc21)N1CCC(OCC2CC2)CC1. The number of carbonyl (C=O) groups is 1. The summed E-state index contributed by atoms with van der Waals surface area (Å²) >= 11 is 0. The quantitative estimate of drug-likeness (QED) is 0.929. The zero-order valence-corrected chi connectivity index (χ0v) is 13.4. The first-order chi connectivity index (χ1) is 11.3. The number of nitrogens with one attached hydrogen (secondary N) is 1. The van der Waals surface area contributed by atoms with E-state index < -0.39 is 0 Å². The van der Waals surface area contributed by atoms with Crippen LogP contribution in [0.3, 0.4) is 0 Å². The van der Waals surface area contributed by atoms with Crippen molar-refractivity contribution >= 4 is 6.03 Å². The lowest BCUT2D eigenvalue weighted by molar-refractivity contribution is 0.00924. The van der Waals surface area contributed by atoms with Crippen molar-refractivity contribution in [3.05, 3.63) is 29.8 Å². The second kappa shape index (κ2) is 6.40. The largest absolute Gasteiger partial charge is 0.491 e. The third-order valence-electron chi connectivity index (χ3n) is 4.99. The van der Waals surface area contributed by atoms with Gasteiger partial charge >= 0.3 is 6.03 Å². The standard InChI is InChI=1S/C18H24N2O3/c21-18(19-16-12-23-17-4-2-1-3-15(16)17)20-9-7-14(8-10-20)22-11-13-5-6-13/h1-4,13-14,16H,5-12H2,(H,19,21). The molecule has 1 aromatic rings. The van der Waals surface area contributed by atoms with Crippen LogP contribution in [-0.4, -0.2) is 43.3 Å². The van der Waals surface area contributed by atoms with E-state index in [1.807, 2.05) is 29.2 Å². The highest BCUT2D eigenvalue weighted by atomic mass is 16.5. The molecule has 2 heterocycles. The van der Waals surface area contributed by atoms with E-state index in [-0.39, 0.29) is 12.1 Å². The van der Waals surface area contributed by atoms with Gasteiger partial charge in [-0.05, 0) is 37.7 Å². The molecule has 124 valence electrons. The van der Waals surface area contributed by atoms with Crippen LogP contribution in [0.2, 0.25) is 0 Å². The molecule has 1 saturated carbocycles. The molecule has 1 saturated heterocycles. The maximum absolute atomic E-state index is 12.5. The van der Waals surface area contributed by atoms with E-state index >= 15 is 0 Å². The minimum Gasteiger partial charge on any atom is -0.491 e. The molecule has 1 aromatic carbocycles. The van der Waals surface area contributed by atoms with Crippen molar-refractivity contribution < 1.29 is 14.3 Å². The summed E-state index contributed by atoms with van der Waals surface area (Å²) in [5.74, 6) is 1.68. The van der Waals surface area contributed by atoms with Gasteiger partial charge in [-0.1, -0.05) is 18.2 Å². The predicted molar refractivity (Wildman–Crippen MR) is 86.5 cm³/mol. The van der Waals surface area contributed by atoms with Crippen LogP contribution >= 0.6 is 0 Å². The van der Waals surface area contributed by atoms with Gasteiger partial charge in [0.1, 0.15) is 12.4 Å². The van der Waals surface area contributed by atoms with E-state index in [9.17, 15) is 4.79 Å². The fourth-order valence-corrected chi connectivity index (χ4v) is 3.30. The molecule has 5 heteroatoms. The molecule has 2 amide bonds. The zero-order chi connectivity index (χ0) is 15.6. The Balaban J connectivity index is 1.26. The summed E-state index contributed by atoms with van der Waals surface area (Å²) in [5, 5.41) is 3.10. The molecule has 0 spiro atoms. The van der Waals surface area contributed by atoms with Crippen LogP contribution < -0.4 is 10.1 Å². The van der Waals surface area contributed by atoms with Gasteiger partial charge in [0.2, 0.25) is 0 Å². The van der Waals surface area contributed by atoms with Crippen LogP contribution in [0, 0.1) is 5.92 Å². The molecule has 1 aliphatic carbocycles. The predicted octanol–water partition coefficient (Wildman–Crippen LogP) is 2.72. The lowest BCUT2D eigenvalue weighted by Crippen LogP contribution is -2.47. The average molecular weight is 316 g/mol. The molecule has 0 bridgehead atoms. The van der Waals surface area contributed by atoms with Crippen molar-refractivity contribution in [2.24, 2.45) is 5.92 Å². The highest BCUT2D eigenvalue weighted by molar-refractivity contribution is 5.75. The van der Waals surface area contributed by atoms with Gasteiger partial charge in [-0.3, -0.25) is 0 Å². The van der Waals surface area contributed by atoms with Crippen LogP contribution in [0.25, 0.3) is 0 Å². The number of carbonyl (C=O) groups excluding carboxylic acids is 1. The third kappa shape index (κ3) is 3.44. The first-order valence-electron chi connectivity index (χ1n) is 8.68. The van der Waals surface area contributed by atoms with Gasteiger partial charge in [0.15, 0.2) is 0 Å². The van der Waals surface area contributed by atoms with E-state index in [2.05, 4.69) is 5.32 Å². The summed E-state index contributed by atoms with van der Waals surface area (Å²) in [6.45, 7) is 2.98. The Labute approximate surface area is 136 Å². The summed E-state index contributed by atoms with van der Waals surface area (Å²) in [6.07, 6.45) is 4.86. The molecular weight excluding hydrogens is 292 g/mol. The Hall–Kier alpha value is -1.75. The number of likely N-dealkylation sites (tertiary alicyclic amines) is 1. The number of urea groups is 1. The summed E-state index contributed by atoms with van der Waals surface area (Å²) in [6, 6.07) is 7.87. The number of piperidine rings is 1. The van der Waals surface area contributed by atoms with Crippen LogP contribution in [-0.2, 0) is 4.74 Å². The second-order valence-electron chi connectivity index (χ2n) is 6.81. The van der Waals surface area contributed by atoms with Crippen molar-refractivity contribution in [2.75, 3.05) is 26.3 Å². The molecule has 1 N–H and O–H groups in total. The zero-order valence-electron chi connectivity index (χ0n) is 13.4. The molecule has 0 aromatic heterocycles. The number of benzene rings is 1. The lowest BCUT2D eigenvalue weighted by atomic mass is 10.1. The molecule has 1 atom stereocenters. The van der Waals surface area contributed by atoms with E-state index in [4.69, 9.17) is 9.47 Å². The average Bonchev–Trinajstić information content (AvgIpc) is 3.34. The fraction of sp³-hybridized carbons (Fsp3) is 0.611. The maximum atomic E-state index is 12.5. The van der Waals surface area contributed by atoms with E-state index in [0.29, 0.717) is 12.7 Å². The highest BCUT2D eigenvalue weighted by Gasteiger charge is 2.30. The number of hydrogen-bond acceptors (Lipinski definition) is 3. The number of ether oxygens (including phenoxy) is 2. The lowest BCUT2D eigenvalue weighted by Gasteiger charge is -2.32. The highest BCUT2D eigenvalue weighted by Crippen LogP contribution is 2.32.